The van der Waals surface area contributed by atoms with Gasteiger partial charge in [0.25, 0.3) is 0 Å². The van der Waals surface area contributed by atoms with Crippen LogP contribution in [-0.4, -0.2) is 28.1 Å². The molecule has 0 bridgehead atoms. The van der Waals surface area contributed by atoms with Crippen molar-refractivity contribution in [3.05, 3.63) is 36.0 Å². The van der Waals surface area contributed by atoms with Gasteiger partial charge >= 0.3 is 0 Å². The van der Waals surface area contributed by atoms with Gasteiger partial charge in [0.1, 0.15) is 5.82 Å². The standard InChI is InChI=1S/C19H27FN4O2.ClH/c1-13(2)11-19(3,12-21)23-16(25)5-4-6-17-22-18(24-26-17)14-7-9-15(20)10-8-14;/h7-10,13H,4-6,11-12,21H2,1-3H3,(H,23,25);1H. The third kappa shape index (κ3) is 7.27. The molecular weight excluding hydrogens is 371 g/mol. The van der Waals surface area contributed by atoms with E-state index in [1.807, 2.05) is 6.92 Å². The summed E-state index contributed by atoms with van der Waals surface area (Å²) >= 11 is 0. The molecule has 1 amide bonds. The maximum Gasteiger partial charge on any atom is 0.226 e. The first-order chi connectivity index (χ1) is 12.3. The first kappa shape index (κ1) is 23.0. The molecule has 3 N–H and O–H groups in total. The lowest BCUT2D eigenvalue weighted by atomic mass is 9.90. The second-order valence-corrected chi connectivity index (χ2v) is 7.28. The first-order valence-electron chi connectivity index (χ1n) is 8.91. The highest BCUT2D eigenvalue weighted by molar-refractivity contribution is 5.85. The second-order valence-electron chi connectivity index (χ2n) is 7.28. The molecule has 0 aliphatic rings. The van der Waals surface area contributed by atoms with Crippen molar-refractivity contribution in [2.24, 2.45) is 11.7 Å². The Morgan fingerprint density at radius 1 is 1.33 bits per heavy atom. The van der Waals surface area contributed by atoms with Gasteiger partial charge in [0, 0.05) is 30.5 Å². The summed E-state index contributed by atoms with van der Waals surface area (Å²) in [6.45, 7) is 6.59. The summed E-state index contributed by atoms with van der Waals surface area (Å²) in [5.41, 5.74) is 6.12. The number of nitrogens with one attached hydrogen (secondary N) is 1. The SMILES string of the molecule is CC(C)CC(C)(CN)NC(=O)CCCc1nc(-c2ccc(F)cc2)no1.Cl. The molecule has 1 aromatic carbocycles. The second kappa shape index (κ2) is 10.4. The molecule has 1 atom stereocenters. The number of amides is 1. The Labute approximate surface area is 165 Å². The molecule has 6 nitrogen and oxygen atoms in total. The van der Waals surface area contributed by atoms with Crippen molar-refractivity contribution >= 4 is 18.3 Å². The molecule has 27 heavy (non-hydrogen) atoms. The zero-order valence-electron chi connectivity index (χ0n) is 16.0. The highest BCUT2D eigenvalue weighted by Crippen LogP contribution is 2.18. The van der Waals surface area contributed by atoms with Crippen molar-refractivity contribution in [3.63, 3.8) is 0 Å². The number of halogens is 2. The van der Waals surface area contributed by atoms with Crippen LogP contribution in [0.3, 0.4) is 0 Å². The summed E-state index contributed by atoms with van der Waals surface area (Å²) in [5.74, 6) is 0.979. The highest BCUT2D eigenvalue weighted by Gasteiger charge is 2.25. The minimum absolute atomic E-state index is 0. The number of carbonyl (C=O) groups excluding carboxylic acids is 1. The summed E-state index contributed by atoms with van der Waals surface area (Å²) in [7, 11) is 0. The summed E-state index contributed by atoms with van der Waals surface area (Å²) in [4.78, 5) is 16.5. The van der Waals surface area contributed by atoms with Gasteiger partial charge < -0.3 is 15.6 Å². The Kier molecular flexibility index (Phi) is 8.85. The number of aromatic nitrogens is 2. The normalized spacial score (nSPS) is 13.1. The molecule has 0 spiro atoms. The maximum absolute atomic E-state index is 13.0. The van der Waals surface area contributed by atoms with Crippen LogP contribution in [-0.2, 0) is 11.2 Å². The van der Waals surface area contributed by atoms with E-state index in [9.17, 15) is 9.18 Å². The number of carbonyl (C=O) groups is 1. The van der Waals surface area contributed by atoms with E-state index in [0.29, 0.717) is 49.0 Å². The number of nitrogens with zero attached hydrogens (tertiary/aromatic N) is 2. The molecule has 150 valence electrons. The smallest absolute Gasteiger partial charge is 0.226 e. The Morgan fingerprint density at radius 3 is 2.59 bits per heavy atom. The lowest BCUT2D eigenvalue weighted by Gasteiger charge is -2.31. The molecule has 2 rings (SSSR count). The van der Waals surface area contributed by atoms with E-state index in [0.717, 1.165) is 6.42 Å². The summed E-state index contributed by atoms with van der Waals surface area (Å²) in [6.07, 6.45) is 2.30. The molecule has 0 radical (unpaired) electrons. The fraction of sp³-hybridized carbons (Fsp3) is 0.526. The molecule has 1 unspecified atom stereocenters. The zero-order valence-corrected chi connectivity index (χ0v) is 16.8. The van der Waals surface area contributed by atoms with Gasteiger partial charge in [-0.1, -0.05) is 19.0 Å². The van der Waals surface area contributed by atoms with Crippen LogP contribution in [0.4, 0.5) is 4.39 Å². The number of aryl methyl sites for hydroxylation is 1. The van der Waals surface area contributed by atoms with Gasteiger partial charge in [0.2, 0.25) is 17.6 Å². The van der Waals surface area contributed by atoms with Gasteiger partial charge in [-0.3, -0.25) is 4.79 Å². The number of nitrogens with two attached hydrogens (primary N) is 1. The number of rotatable bonds is 9. The Morgan fingerprint density at radius 2 is 2.00 bits per heavy atom. The van der Waals surface area contributed by atoms with Crippen LogP contribution in [0, 0.1) is 11.7 Å². The van der Waals surface area contributed by atoms with Gasteiger partial charge in [-0.15, -0.1) is 12.4 Å². The van der Waals surface area contributed by atoms with Crippen LogP contribution >= 0.6 is 12.4 Å². The van der Waals surface area contributed by atoms with Gasteiger partial charge in [-0.2, -0.15) is 4.98 Å². The topological polar surface area (TPSA) is 94.0 Å². The third-order valence-electron chi connectivity index (χ3n) is 4.12. The fourth-order valence-corrected chi connectivity index (χ4v) is 2.96. The molecule has 0 aliphatic heterocycles. The van der Waals surface area contributed by atoms with Crippen LogP contribution in [0.5, 0.6) is 0 Å². The monoisotopic (exact) mass is 398 g/mol. The molecule has 1 aromatic heterocycles. The molecule has 8 heteroatoms. The molecule has 0 fully saturated rings. The number of hydrogen-bond acceptors (Lipinski definition) is 5. The van der Waals surface area contributed by atoms with Crippen molar-refractivity contribution in [2.45, 2.75) is 52.0 Å². The van der Waals surface area contributed by atoms with Crippen LogP contribution in [0.2, 0.25) is 0 Å². The van der Waals surface area contributed by atoms with E-state index >= 15 is 0 Å². The van der Waals surface area contributed by atoms with Crippen LogP contribution < -0.4 is 11.1 Å². The lowest BCUT2D eigenvalue weighted by molar-refractivity contribution is -0.123. The van der Waals surface area contributed by atoms with Crippen molar-refractivity contribution in [1.29, 1.82) is 0 Å². The zero-order chi connectivity index (χ0) is 19.2. The van der Waals surface area contributed by atoms with Gasteiger partial charge in [-0.05, 0) is 49.9 Å². The molecule has 1 heterocycles. The Balaban J connectivity index is 0.00000364. The highest BCUT2D eigenvalue weighted by atomic mass is 35.5. The van der Waals surface area contributed by atoms with E-state index < -0.39 is 0 Å². The largest absolute Gasteiger partial charge is 0.350 e. The van der Waals surface area contributed by atoms with E-state index in [1.54, 1.807) is 12.1 Å². The van der Waals surface area contributed by atoms with Gasteiger partial charge in [0.15, 0.2) is 0 Å². The van der Waals surface area contributed by atoms with Crippen molar-refractivity contribution in [1.82, 2.24) is 15.5 Å². The quantitative estimate of drug-likeness (QED) is 0.674. The summed E-state index contributed by atoms with van der Waals surface area (Å²) < 4.78 is 18.2. The van der Waals surface area contributed by atoms with Crippen molar-refractivity contribution in [3.8, 4) is 11.4 Å². The van der Waals surface area contributed by atoms with Crippen LogP contribution in [0.15, 0.2) is 28.8 Å². The predicted molar refractivity (Wildman–Crippen MR) is 105 cm³/mol. The van der Waals surface area contributed by atoms with E-state index in [-0.39, 0.29) is 29.7 Å². The first-order valence-corrected chi connectivity index (χ1v) is 8.91. The van der Waals surface area contributed by atoms with Crippen LogP contribution in [0.1, 0.15) is 45.9 Å². The average Bonchev–Trinajstić information content (AvgIpc) is 3.03. The van der Waals surface area contributed by atoms with E-state index in [2.05, 4.69) is 29.3 Å². The Bertz CT molecular complexity index is 721. The Hall–Kier alpha value is -1.99. The number of hydrogen-bond donors (Lipinski definition) is 2. The summed E-state index contributed by atoms with van der Waals surface area (Å²) in [6, 6.07) is 5.89. The molecule has 0 saturated heterocycles. The van der Waals surface area contributed by atoms with Gasteiger partial charge in [-0.25, -0.2) is 4.39 Å². The molecule has 2 aromatic rings. The molecular formula is C19H28ClFN4O2. The van der Waals surface area contributed by atoms with Gasteiger partial charge in [0.05, 0.1) is 0 Å². The van der Waals surface area contributed by atoms with E-state index in [1.165, 1.54) is 12.1 Å². The minimum atomic E-state index is -0.383. The van der Waals surface area contributed by atoms with E-state index in [4.69, 9.17) is 10.3 Å². The predicted octanol–water partition coefficient (Wildman–Crippen LogP) is 3.50. The van der Waals surface area contributed by atoms with Crippen molar-refractivity contribution in [2.75, 3.05) is 6.54 Å². The fourth-order valence-electron chi connectivity index (χ4n) is 2.96. The maximum atomic E-state index is 13.0. The lowest BCUT2D eigenvalue weighted by Crippen LogP contribution is -2.52. The number of benzene rings is 1. The summed E-state index contributed by atoms with van der Waals surface area (Å²) in [5, 5.41) is 6.92. The molecule has 0 saturated carbocycles. The molecule has 0 aliphatic carbocycles. The minimum Gasteiger partial charge on any atom is -0.350 e. The van der Waals surface area contributed by atoms with Crippen LogP contribution in [0.25, 0.3) is 11.4 Å². The van der Waals surface area contributed by atoms with Crippen molar-refractivity contribution < 1.29 is 13.7 Å². The average molecular weight is 399 g/mol. The third-order valence-corrected chi connectivity index (χ3v) is 4.12.